The van der Waals surface area contributed by atoms with Crippen molar-refractivity contribution < 1.29 is 22.7 Å². The Morgan fingerprint density at radius 3 is 2.50 bits per heavy atom. The third-order valence-corrected chi connectivity index (χ3v) is 4.20. The van der Waals surface area contributed by atoms with Crippen molar-refractivity contribution in [2.45, 2.75) is 18.1 Å². The molecule has 0 aliphatic rings. The lowest BCUT2D eigenvalue weighted by atomic mass is 9.84. The van der Waals surface area contributed by atoms with E-state index in [0.29, 0.717) is 10.5 Å². The smallest absolute Gasteiger partial charge is 0.323 e. The minimum Gasteiger partial charge on any atom is -0.377 e. The quantitative estimate of drug-likeness (QED) is 0.628. The molecule has 26 heavy (non-hydrogen) atoms. The van der Waals surface area contributed by atoms with Crippen molar-refractivity contribution in [3.05, 3.63) is 70.2 Å². The fourth-order valence-electron chi connectivity index (χ4n) is 2.44. The second-order valence-electron chi connectivity index (χ2n) is 5.43. The van der Waals surface area contributed by atoms with Crippen LogP contribution in [-0.4, -0.2) is 30.3 Å². The average Bonchev–Trinajstić information content (AvgIpc) is 3.07. The third-order valence-electron chi connectivity index (χ3n) is 3.73. The molecule has 11 heteroatoms. The maximum absolute atomic E-state index is 15.2. The number of aliphatic hydroxyl groups is 1. The van der Waals surface area contributed by atoms with Gasteiger partial charge in [-0.15, -0.1) is 5.10 Å². The first-order chi connectivity index (χ1) is 12.2. The number of hydrogen-bond acceptors (Lipinski definition) is 5. The second kappa shape index (κ2) is 6.72. The summed E-state index contributed by atoms with van der Waals surface area (Å²) >= 11 is 3.07. The van der Waals surface area contributed by atoms with Gasteiger partial charge >= 0.3 is 5.92 Å². The Morgan fingerprint density at radius 1 is 1.15 bits per heavy atom. The van der Waals surface area contributed by atoms with Crippen LogP contribution in [0.3, 0.4) is 0 Å². The van der Waals surface area contributed by atoms with E-state index < -0.39 is 41.0 Å². The van der Waals surface area contributed by atoms with E-state index in [0.717, 1.165) is 35.4 Å². The number of tetrazole rings is 1. The minimum atomic E-state index is -4.06. The largest absolute Gasteiger partial charge is 0.377 e. The zero-order chi connectivity index (χ0) is 18.9. The number of alkyl halides is 2. The van der Waals surface area contributed by atoms with Crippen molar-refractivity contribution in [1.29, 1.82) is 0 Å². The summed E-state index contributed by atoms with van der Waals surface area (Å²) < 4.78 is 59.2. The molecule has 1 atom stereocenters. The van der Waals surface area contributed by atoms with Crippen LogP contribution in [0.25, 0.3) is 0 Å². The van der Waals surface area contributed by atoms with E-state index in [1.54, 1.807) is 0 Å². The van der Waals surface area contributed by atoms with Crippen LogP contribution >= 0.6 is 15.9 Å². The Kier molecular flexibility index (Phi) is 4.76. The van der Waals surface area contributed by atoms with E-state index in [9.17, 15) is 13.9 Å². The number of pyridine rings is 1. The molecule has 0 aliphatic heterocycles. The van der Waals surface area contributed by atoms with Crippen molar-refractivity contribution in [3.63, 3.8) is 0 Å². The van der Waals surface area contributed by atoms with Crippen molar-refractivity contribution in [2.75, 3.05) is 0 Å². The molecule has 1 aromatic carbocycles. The van der Waals surface area contributed by atoms with Crippen LogP contribution in [0.5, 0.6) is 0 Å². The molecule has 1 N–H and O–H groups in total. The summed E-state index contributed by atoms with van der Waals surface area (Å²) in [6.07, 6.45) is 2.10. The molecule has 3 aromatic rings. The summed E-state index contributed by atoms with van der Waals surface area (Å²) in [6, 6.07) is 4.21. The first-order valence-electron chi connectivity index (χ1n) is 7.12. The fourth-order valence-corrected chi connectivity index (χ4v) is 2.67. The van der Waals surface area contributed by atoms with E-state index in [4.69, 9.17) is 0 Å². The summed E-state index contributed by atoms with van der Waals surface area (Å²) in [6.45, 7) is -0.896. The molecule has 136 valence electrons. The number of benzene rings is 1. The van der Waals surface area contributed by atoms with Gasteiger partial charge in [0, 0.05) is 22.3 Å². The summed E-state index contributed by atoms with van der Waals surface area (Å²) in [5, 5.41) is 20.9. The number of halogens is 5. The van der Waals surface area contributed by atoms with Gasteiger partial charge < -0.3 is 5.11 Å². The Hall–Kier alpha value is -2.40. The zero-order valence-electron chi connectivity index (χ0n) is 12.8. The van der Waals surface area contributed by atoms with Crippen molar-refractivity contribution in [1.82, 2.24) is 25.2 Å². The molecular formula is C15H10BrF4N5O. The molecule has 0 saturated heterocycles. The highest BCUT2D eigenvalue weighted by atomic mass is 79.9. The number of aromatic nitrogens is 5. The van der Waals surface area contributed by atoms with Crippen molar-refractivity contribution in [3.8, 4) is 0 Å². The maximum Gasteiger partial charge on any atom is 0.323 e. The van der Waals surface area contributed by atoms with E-state index in [1.807, 2.05) is 0 Å². The van der Waals surface area contributed by atoms with Crippen LogP contribution in [0.15, 0.2) is 47.3 Å². The molecule has 0 aliphatic carbocycles. The van der Waals surface area contributed by atoms with Crippen LogP contribution in [0.2, 0.25) is 0 Å². The van der Waals surface area contributed by atoms with Crippen LogP contribution in [0.4, 0.5) is 17.6 Å². The summed E-state index contributed by atoms with van der Waals surface area (Å²) in [5.74, 6) is -6.36. The topological polar surface area (TPSA) is 76.7 Å². The lowest BCUT2D eigenvalue weighted by molar-refractivity contribution is -0.207. The van der Waals surface area contributed by atoms with Gasteiger partial charge in [-0.2, -0.15) is 8.78 Å². The molecule has 0 bridgehead atoms. The first kappa shape index (κ1) is 18.4. The SMILES string of the molecule is OC(Cn1cnnn1)(c1ccc(F)cc1F)C(F)(F)c1ccc(Br)cn1. The molecule has 0 spiro atoms. The van der Waals surface area contributed by atoms with E-state index in [-0.39, 0.29) is 0 Å². The summed E-state index contributed by atoms with van der Waals surface area (Å²) in [4.78, 5) is 3.60. The van der Waals surface area contributed by atoms with E-state index >= 15 is 8.78 Å². The molecule has 6 nitrogen and oxygen atoms in total. The van der Waals surface area contributed by atoms with Gasteiger partial charge in [-0.05, 0) is 50.6 Å². The predicted molar refractivity (Wildman–Crippen MR) is 83.9 cm³/mol. The van der Waals surface area contributed by atoms with E-state index in [1.165, 1.54) is 6.07 Å². The van der Waals surface area contributed by atoms with Gasteiger partial charge in [-0.25, -0.2) is 13.5 Å². The molecule has 0 radical (unpaired) electrons. The second-order valence-corrected chi connectivity index (χ2v) is 6.34. The lowest BCUT2D eigenvalue weighted by Gasteiger charge is -2.35. The average molecular weight is 432 g/mol. The predicted octanol–water partition coefficient (Wildman–Crippen LogP) is 2.79. The van der Waals surface area contributed by atoms with Gasteiger partial charge in [0.05, 0.1) is 6.54 Å². The van der Waals surface area contributed by atoms with Crippen LogP contribution in [0.1, 0.15) is 11.3 Å². The highest BCUT2D eigenvalue weighted by Gasteiger charge is 2.57. The molecule has 2 aromatic heterocycles. The number of nitrogens with zero attached hydrogens (tertiary/aromatic N) is 5. The summed E-state index contributed by atoms with van der Waals surface area (Å²) in [5.41, 5.74) is -4.76. The lowest BCUT2D eigenvalue weighted by Crippen LogP contribution is -2.48. The van der Waals surface area contributed by atoms with E-state index in [2.05, 4.69) is 36.4 Å². The molecule has 3 rings (SSSR count). The highest BCUT2D eigenvalue weighted by molar-refractivity contribution is 9.10. The molecule has 2 heterocycles. The summed E-state index contributed by atoms with van der Waals surface area (Å²) in [7, 11) is 0. The monoisotopic (exact) mass is 431 g/mol. The van der Waals surface area contributed by atoms with Gasteiger partial charge in [0.25, 0.3) is 0 Å². The zero-order valence-corrected chi connectivity index (χ0v) is 14.4. The molecular weight excluding hydrogens is 422 g/mol. The molecule has 0 fully saturated rings. The van der Waals surface area contributed by atoms with Gasteiger partial charge in [0.15, 0.2) is 5.60 Å². The van der Waals surface area contributed by atoms with Crippen molar-refractivity contribution in [2.24, 2.45) is 0 Å². The Bertz CT molecular complexity index is 907. The Labute approximate surface area is 152 Å². The Balaban J connectivity index is 2.17. The molecule has 0 saturated carbocycles. The maximum atomic E-state index is 15.2. The molecule has 1 unspecified atom stereocenters. The number of hydrogen-bond donors (Lipinski definition) is 1. The van der Waals surface area contributed by atoms with Gasteiger partial charge in [0.2, 0.25) is 0 Å². The van der Waals surface area contributed by atoms with Gasteiger partial charge in [0.1, 0.15) is 23.7 Å². The normalized spacial score (nSPS) is 14.2. The van der Waals surface area contributed by atoms with Crippen LogP contribution in [-0.2, 0) is 18.1 Å². The first-order valence-corrected chi connectivity index (χ1v) is 7.92. The van der Waals surface area contributed by atoms with Crippen molar-refractivity contribution >= 4 is 15.9 Å². The Morgan fingerprint density at radius 2 is 1.92 bits per heavy atom. The van der Waals surface area contributed by atoms with Crippen LogP contribution < -0.4 is 0 Å². The van der Waals surface area contributed by atoms with Gasteiger partial charge in [-0.3, -0.25) is 4.98 Å². The standard InChI is InChI=1S/C15H10BrF4N5O/c16-9-1-4-13(21-6-9)15(19,20)14(26,7-25-8-22-23-24-25)11-3-2-10(17)5-12(11)18/h1-6,8,26H,7H2. The fraction of sp³-hybridized carbons (Fsp3) is 0.200. The van der Waals surface area contributed by atoms with Gasteiger partial charge in [-0.1, -0.05) is 0 Å². The minimum absolute atomic E-state index is 0.408. The number of rotatable bonds is 5. The third kappa shape index (κ3) is 3.19. The van der Waals surface area contributed by atoms with Crippen LogP contribution in [0, 0.1) is 11.6 Å². The highest BCUT2D eigenvalue weighted by Crippen LogP contribution is 2.46. The molecule has 0 amide bonds.